The molecule has 4 nitrogen and oxygen atoms in total. The van der Waals surface area contributed by atoms with Crippen LogP contribution in [0.5, 0.6) is 0 Å². The molecule has 0 spiro atoms. The summed E-state index contributed by atoms with van der Waals surface area (Å²) in [5.74, 6) is -0.718. The highest BCUT2D eigenvalue weighted by Gasteiger charge is 2.08. The van der Waals surface area contributed by atoms with Gasteiger partial charge in [0, 0.05) is 22.6 Å². The maximum Gasteiger partial charge on any atom is 0.259 e. The number of rotatable bonds is 2. The number of hydrogen-bond donors (Lipinski definition) is 2. The van der Waals surface area contributed by atoms with Gasteiger partial charge >= 0.3 is 0 Å². The van der Waals surface area contributed by atoms with Crippen molar-refractivity contribution >= 4 is 44.9 Å². The SMILES string of the molecule is O=C(NC(=S)Nc1ccc(F)cc1)c1cncc(Br)c1. The monoisotopic (exact) mass is 353 g/mol. The lowest BCUT2D eigenvalue weighted by molar-refractivity contribution is 0.0977. The predicted molar refractivity (Wildman–Crippen MR) is 82.0 cm³/mol. The van der Waals surface area contributed by atoms with Gasteiger partial charge in [-0.25, -0.2) is 4.39 Å². The van der Waals surface area contributed by atoms with Gasteiger partial charge in [0.1, 0.15) is 5.82 Å². The number of thiocarbonyl (C=S) groups is 1. The third kappa shape index (κ3) is 4.07. The zero-order chi connectivity index (χ0) is 14.5. The van der Waals surface area contributed by atoms with Crippen LogP contribution in [-0.4, -0.2) is 16.0 Å². The Bertz CT molecular complexity index is 648. The van der Waals surface area contributed by atoms with Gasteiger partial charge in [0.2, 0.25) is 0 Å². The molecule has 1 heterocycles. The highest BCUT2D eigenvalue weighted by Crippen LogP contribution is 2.10. The molecule has 2 aromatic rings. The van der Waals surface area contributed by atoms with E-state index in [2.05, 4.69) is 31.5 Å². The second-order valence-electron chi connectivity index (χ2n) is 3.81. The minimum atomic E-state index is -0.376. The van der Waals surface area contributed by atoms with Crippen LogP contribution < -0.4 is 10.6 Å². The molecule has 102 valence electrons. The summed E-state index contributed by atoms with van der Waals surface area (Å²) in [5.41, 5.74) is 0.965. The summed E-state index contributed by atoms with van der Waals surface area (Å²) in [6, 6.07) is 7.27. The first kappa shape index (κ1) is 14.5. The Morgan fingerprint density at radius 3 is 2.60 bits per heavy atom. The molecule has 0 aliphatic heterocycles. The number of nitrogens with one attached hydrogen (secondary N) is 2. The highest BCUT2D eigenvalue weighted by molar-refractivity contribution is 9.10. The molecule has 0 radical (unpaired) electrons. The van der Waals surface area contributed by atoms with Crippen LogP contribution in [0.4, 0.5) is 10.1 Å². The molecule has 2 N–H and O–H groups in total. The number of nitrogens with zero attached hydrogens (tertiary/aromatic N) is 1. The molecule has 2 rings (SSSR count). The summed E-state index contributed by atoms with van der Waals surface area (Å²) in [5, 5.41) is 5.42. The number of amides is 1. The average molecular weight is 354 g/mol. The first-order valence-electron chi connectivity index (χ1n) is 5.53. The van der Waals surface area contributed by atoms with Gasteiger partial charge in [-0.3, -0.25) is 15.1 Å². The molecule has 0 aliphatic rings. The van der Waals surface area contributed by atoms with Crippen LogP contribution in [0.15, 0.2) is 47.2 Å². The maximum atomic E-state index is 12.8. The van der Waals surface area contributed by atoms with E-state index < -0.39 is 0 Å². The second-order valence-corrected chi connectivity index (χ2v) is 5.13. The minimum absolute atomic E-state index is 0.126. The van der Waals surface area contributed by atoms with Gasteiger partial charge in [0.15, 0.2) is 5.11 Å². The van der Waals surface area contributed by atoms with Gasteiger partial charge in [-0.05, 0) is 58.5 Å². The van der Waals surface area contributed by atoms with E-state index in [4.69, 9.17) is 12.2 Å². The molecule has 20 heavy (non-hydrogen) atoms. The van der Waals surface area contributed by atoms with Gasteiger partial charge < -0.3 is 5.32 Å². The Morgan fingerprint density at radius 2 is 1.95 bits per heavy atom. The van der Waals surface area contributed by atoms with Gasteiger partial charge in [-0.15, -0.1) is 0 Å². The van der Waals surface area contributed by atoms with Crippen LogP contribution in [0.2, 0.25) is 0 Å². The Balaban J connectivity index is 1.97. The quantitative estimate of drug-likeness (QED) is 0.814. The Labute approximate surface area is 128 Å². The molecule has 1 aromatic heterocycles. The average Bonchev–Trinajstić information content (AvgIpc) is 2.41. The number of anilines is 1. The van der Waals surface area contributed by atoms with Crippen molar-refractivity contribution in [2.24, 2.45) is 0 Å². The van der Waals surface area contributed by atoms with Crippen molar-refractivity contribution in [3.63, 3.8) is 0 Å². The molecule has 0 saturated carbocycles. The van der Waals surface area contributed by atoms with Gasteiger partial charge in [0.05, 0.1) is 5.56 Å². The Hall–Kier alpha value is -1.86. The summed E-state index contributed by atoms with van der Waals surface area (Å²) >= 11 is 8.24. The van der Waals surface area contributed by atoms with Crippen LogP contribution in [0.3, 0.4) is 0 Å². The highest BCUT2D eigenvalue weighted by atomic mass is 79.9. The Morgan fingerprint density at radius 1 is 1.25 bits per heavy atom. The van der Waals surface area contributed by atoms with Gasteiger partial charge in [-0.1, -0.05) is 0 Å². The zero-order valence-electron chi connectivity index (χ0n) is 10.1. The van der Waals surface area contributed by atoms with Crippen LogP contribution >= 0.6 is 28.1 Å². The standard InChI is InChI=1S/C13H9BrFN3OS/c14-9-5-8(6-16-7-9)12(19)18-13(20)17-11-3-1-10(15)2-4-11/h1-7H,(H2,17,18,19,20). The summed E-state index contributed by atoms with van der Waals surface area (Å²) in [7, 11) is 0. The summed E-state index contributed by atoms with van der Waals surface area (Å²) in [6.45, 7) is 0. The fourth-order valence-corrected chi connectivity index (χ4v) is 1.98. The molecule has 0 saturated heterocycles. The van der Waals surface area contributed by atoms with Crippen LogP contribution in [0, 0.1) is 5.82 Å². The van der Waals surface area contributed by atoms with E-state index in [9.17, 15) is 9.18 Å². The summed E-state index contributed by atoms with van der Waals surface area (Å²) in [4.78, 5) is 15.8. The van der Waals surface area contributed by atoms with E-state index in [1.807, 2.05) is 0 Å². The van der Waals surface area contributed by atoms with Crippen molar-refractivity contribution in [3.05, 3.63) is 58.6 Å². The number of hydrogen-bond acceptors (Lipinski definition) is 3. The fourth-order valence-electron chi connectivity index (χ4n) is 1.41. The van der Waals surface area contributed by atoms with Crippen molar-refractivity contribution in [1.29, 1.82) is 0 Å². The number of carbonyl (C=O) groups excluding carboxylic acids is 1. The molecule has 0 fully saturated rings. The third-order valence-corrected chi connectivity index (χ3v) is 2.93. The molecule has 0 atom stereocenters. The van der Waals surface area contributed by atoms with Crippen molar-refractivity contribution in [1.82, 2.24) is 10.3 Å². The van der Waals surface area contributed by atoms with Crippen molar-refractivity contribution in [2.75, 3.05) is 5.32 Å². The normalized spacial score (nSPS) is 9.90. The Kier molecular flexibility index (Phi) is 4.75. The van der Waals surface area contributed by atoms with E-state index in [-0.39, 0.29) is 16.8 Å². The van der Waals surface area contributed by atoms with E-state index in [1.165, 1.54) is 30.5 Å². The first-order chi connectivity index (χ1) is 9.54. The van der Waals surface area contributed by atoms with E-state index in [0.29, 0.717) is 15.7 Å². The number of halogens is 2. The number of carbonyl (C=O) groups is 1. The van der Waals surface area contributed by atoms with Gasteiger partial charge in [-0.2, -0.15) is 0 Å². The van der Waals surface area contributed by atoms with Crippen LogP contribution in [-0.2, 0) is 0 Å². The third-order valence-electron chi connectivity index (χ3n) is 2.30. The van der Waals surface area contributed by atoms with Crippen molar-refractivity contribution < 1.29 is 9.18 Å². The van der Waals surface area contributed by atoms with Crippen molar-refractivity contribution in [3.8, 4) is 0 Å². The molecule has 0 unspecified atom stereocenters. The van der Waals surface area contributed by atoms with Crippen LogP contribution in [0.25, 0.3) is 0 Å². The molecule has 0 bridgehead atoms. The topological polar surface area (TPSA) is 54.0 Å². The zero-order valence-corrected chi connectivity index (χ0v) is 12.5. The summed E-state index contributed by atoms with van der Waals surface area (Å²) in [6.07, 6.45) is 3.01. The lowest BCUT2D eigenvalue weighted by atomic mass is 10.3. The van der Waals surface area contributed by atoms with Crippen molar-refractivity contribution in [2.45, 2.75) is 0 Å². The number of benzene rings is 1. The molecule has 0 aliphatic carbocycles. The van der Waals surface area contributed by atoms with Crippen LogP contribution in [0.1, 0.15) is 10.4 Å². The summed E-state index contributed by atoms with van der Waals surface area (Å²) < 4.78 is 13.4. The molecule has 7 heteroatoms. The second kappa shape index (κ2) is 6.53. The largest absolute Gasteiger partial charge is 0.332 e. The first-order valence-corrected chi connectivity index (χ1v) is 6.73. The molecule has 1 aromatic carbocycles. The van der Waals surface area contributed by atoms with E-state index in [0.717, 1.165) is 0 Å². The molecule has 1 amide bonds. The van der Waals surface area contributed by atoms with E-state index >= 15 is 0 Å². The predicted octanol–water partition coefficient (Wildman–Crippen LogP) is 3.11. The number of aromatic nitrogens is 1. The minimum Gasteiger partial charge on any atom is -0.332 e. The smallest absolute Gasteiger partial charge is 0.259 e. The number of pyridine rings is 1. The van der Waals surface area contributed by atoms with E-state index in [1.54, 1.807) is 12.3 Å². The van der Waals surface area contributed by atoms with Gasteiger partial charge in [0.25, 0.3) is 5.91 Å². The lowest BCUT2D eigenvalue weighted by Gasteiger charge is -2.09. The molecular weight excluding hydrogens is 345 g/mol. The fraction of sp³-hybridized carbons (Fsp3) is 0. The molecular formula is C13H9BrFN3OS. The lowest BCUT2D eigenvalue weighted by Crippen LogP contribution is -2.34. The maximum absolute atomic E-state index is 12.8.